The van der Waals surface area contributed by atoms with Gasteiger partial charge in [0, 0.05) is 0 Å². The van der Waals surface area contributed by atoms with E-state index in [1.165, 1.54) is 0 Å². The van der Waals surface area contributed by atoms with E-state index < -0.39 is -8.59 Å². The molecule has 0 amide bonds. The van der Waals surface area contributed by atoms with Gasteiger partial charge in [-0.25, -0.2) is 0 Å². The van der Waals surface area contributed by atoms with Crippen molar-refractivity contribution in [1.82, 2.24) is 0 Å². The second-order valence-electron chi connectivity index (χ2n) is 0.810. The Balaban J connectivity index is 4.43. The average Bonchev–Trinajstić information content (AvgIpc) is 0.592. The Morgan fingerprint density at radius 1 is 0.571 bits per heavy atom. The van der Waals surface area contributed by atoms with Gasteiger partial charge in [0.05, 0.1) is 0 Å². The number of hydrogen-bond acceptors (Lipinski definition) is 0. The summed E-state index contributed by atoms with van der Waals surface area (Å²) in [6.45, 7) is 0. The van der Waals surface area contributed by atoms with Crippen LogP contribution in [0.4, 0.5) is 0 Å². The zero-order valence-electron chi connectivity index (χ0n) is 2.65. The van der Waals surface area contributed by atoms with Gasteiger partial charge in [-0.2, -0.15) is 0 Å². The van der Waals surface area contributed by atoms with Gasteiger partial charge in [-0.1, -0.05) is 0 Å². The van der Waals surface area contributed by atoms with Crippen LogP contribution in [0.3, 0.4) is 0 Å². The molecule has 51 valence electrons. The van der Waals surface area contributed by atoms with Crippen LogP contribution in [-0.4, -0.2) is 0 Å². The molecule has 0 saturated heterocycles. The Labute approximate surface area is 104 Å². The Kier molecular flexibility index (Phi) is 4.77. The van der Waals surface area contributed by atoms with E-state index in [0.29, 0.717) is 0 Å². The maximum absolute atomic E-state index is 2.58. The minimum atomic E-state index is -2.44. The van der Waals surface area contributed by atoms with Crippen molar-refractivity contribution in [3.63, 3.8) is 0 Å². The fraction of sp³-hybridized carbons (Fsp3) is 0. The topological polar surface area (TPSA) is 0 Å². The molecule has 0 atom stereocenters. The average molecular weight is 948 g/mol. The van der Waals surface area contributed by atoms with E-state index in [0.717, 1.165) is 0 Å². The number of hydrogen-bond donors (Lipinski definition) is 0. The summed E-state index contributed by atoms with van der Waals surface area (Å²) in [6, 6.07) is 0. The van der Waals surface area contributed by atoms with Gasteiger partial charge in [-0.3, -0.25) is 0 Å². The van der Waals surface area contributed by atoms with Gasteiger partial charge in [0.15, 0.2) is 0 Å². The predicted octanol–water partition coefficient (Wildman–Crippen LogP) is 5.31. The van der Waals surface area contributed by atoms with E-state index in [-0.39, 0.29) is 0 Å². The van der Waals surface area contributed by atoms with Crippen LogP contribution in [0.15, 0.2) is 0 Å². The fourth-order valence-corrected chi connectivity index (χ4v) is 0. The van der Waals surface area contributed by atoms with Crippen molar-refractivity contribution in [3.8, 4) is 0 Å². The molecular formula is I6Re-2. The summed E-state index contributed by atoms with van der Waals surface area (Å²) in [4.78, 5) is 0. The van der Waals surface area contributed by atoms with Crippen molar-refractivity contribution in [3.05, 3.63) is 0 Å². The third-order valence-corrected chi connectivity index (χ3v) is 0. The maximum atomic E-state index is 2.58. The summed E-state index contributed by atoms with van der Waals surface area (Å²) in [6.07, 6.45) is 0. The molecule has 0 aliphatic rings. The first-order valence-electron chi connectivity index (χ1n) is 0.857. The monoisotopic (exact) mass is 948 g/mol. The first kappa shape index (κ1) is 12.0. The molecule has 0 fully saturated rings. The molecule has 0 saturated carbocycles. The molecule has 0 unspecified atom stereocenters. The Morgan fingerprint density at radius 2 is 0.571 bits per heavy atom. The fourth-order valence-electron chi connectivity index (χ4n) is 0. The van der Waals surface area contributed by atoms with Crippen LogP contribution in [0.1, 0.15) is 0 Å². The Hall–Kier alpha value is 5.04. The zero-order chi connectivity index (χ0) is 6.41. The third kappa shape index (κ3) is 35.5. The molecule has 0 N–H and O–H groups in total. The molecule has 0 aliphatic heterocycles. The van der Waals surface area contributed by atoms with Gasteiger partial charge < -0.3 is 0 Å². The van der Waals surface area contributed by atoms with Crippen LogP contribution < -0.4 is 0 Å². The zero-order valence-corrected chi connectivity index (χ0v) is 18.3. The van der Waals surface area contributed by atoms with E-state index >= 15 is 0 Å². The van der Waals surface area contributed by atoms with Gasteiger partial charge in [0.1, 0.15) is 0 Å². The first-order chi connectivity index (χ1) is 2.45. The van der Waals surface area contributed by atoms with Crippen LogP contribution in [0.5, 0.6) is 0 Å². The second-order valence-corrected chi connectivity index (χ2v) is 298. The molecule has 0 spiro atoms. The summed E-state index contributed by atoms with van der Waals surface area (Å²) < 4.78 is -2.44. The van der Waals surface area contributed by atoms with Crippen molar-refractivity contribution < 1.29 is -8.59 Å². The Morgan fingerprint density at radius 3 is 0.571 bits per heavy atom. The molecule has 0 rings (SSSR count). The molecule has 7 heteroatoms. The molecule has 0 aromatic rings. The Bertz CT molecular complexity index is 62.7. The van der Waals surface area contributed by atoms with Gasteiger partial charge >= 0.3 is 108 Å². The molecule has 0 aromatic heterocycles. The summed E-state index contributed by atoms with van der Waals surface area (Å²) in [5, 5.41) is 0. The number of halogens is 6. The van der Waals surface area contributed by atoms with E-state index in [9.17, 15) is 0 Å². The second kappa shape index (κ2) is 2.77. The van der Waals surface area contributed by atoms with Crippen LogP contribution in [0.25, 0.3) is 0 Å². The van der Waals surface area contributed by atoms with Gasteiger partial charge in [0.25, 0.3) is 0 Å². The molecular weight excluding hydrogens is 948 g/mol. The quantitative estimate of drug-likeness (QED) is 0.290. The van der Waals surface area contributed by atoms with Crippen molar-refractivity contribution in [1.29, 1.82) is 0 Å². The first-order valence-corrected chi connectivity index (χ1v) is 47.1. The van der Waals surface area contributed by atoms with E-state index in [4.69, 9.17) is 0 Å². The standard InChI is InChI=1S/6HI.Re/h6*1H;/q;;;;;;+4/p-6. The molecule has 0 bridgehead atoms. The van der Waals surface area contributed by atoms with Crippen molar-refractivity contribution >= 4 is 117 Å². The normalized spacial score (nSPS) is 23.1. The van der Waals surface area contributed by atoms with Gasteiger partial charge in [-0.15, -0.1) is 0 Å². The predicted molar refractivity (Wildman–Crippen MR) is 84.1 cm³/mol. The molecule has 0 heterocycles. The summed E-state index contributed by atoms with van der Waals surface area (Å²) in [7, 11) is 0. The van der Waals surface area contributed by atoms with Crippen LogP contribution in [-0.2, 0) is -8.59 Å². The summed E-state index contributed by atoms with van der Waals surface area (Å²) in [5.74, 6) is 0. The molecule has 7 heavy (non-hydrogen) atoms. The van der Waals surface area contributed by atoms with Crippen LogP contribution in [0, 0.1) is 0 Å². The SMILES string of the molecule is [I][Re-2]([I])([I])([I])([I])[I]. The molecule has 0 nitrogen and oxygen atoms in total. The minimum absolute atomic E-state index is 2.44. The van der Waals surface area contributed by atoms with Crippen molar-refractivity contribution in [2.75, 3.05) is 0 Å². The van der Waals surface area contributed by atoms with E-state index in [2.05, 4.69) is 117 Å². The summed E-state index contributed by atoms with van der Waals surface area (Å²) in [5.41, 5.74) is 0. The van der Waals surface area contributed by atoms with Crippen LogP contribution in [0.2, 0.25) is 0 Å². The van der Waals surface area contributed by atoms with Crippen LogP contribution >= 0.6 is 117 Å². The number of rotatable bonds is 0. The third-order valence-electron chi connectivity index (χ3n) is 0. The van der Waals surface area contributed by atoms with Gasteiger partial charge in [0.2, 0.25) is 0 Å². The van der Waals surface area contributed by atoms with Crippen molar-refractivity contribution in [2.24, 2.45) is 0 Å². The summed E-state index contributed by atoms with van der Waals surface area (Å²) >= 11 is 15.5. The molecule has 0 aromatic carbocycles. The molecule has 0 aliphatic carbocycles. The van der Waals surface area contributed by atoms with Gasteiger partial charge in [-0.05, 0) is 0 Å². The van der Waals surface area contributed by atoms with E-state index in [1.54, 1.807) is 0 Å². The van der Waals surface area contributed by atoms with Crippen molar-refractivity contribution in [2.45, 2.75) is 0 Å². The molecule has 0 radical (unpaired) electrons. The van der Waals surface area contributed by atoms with E-state index in [1.807, 2.05) is 0 Å².